The van der Waals surface area contributed by atoms with Gasteiger partial charge >= 0.3 is 0 Å². The normalized spacial score (nSPS) is 30.1. The molecular weight excluding hydrogens is 254 g/mol. The Balaban J connectivity index is 2.07. The molecule has 2 heterocycles. The molecule has 0 bridgehead atoms. The maximum atomic E-state index is 12.3. The summed E-state index contributed by atoms with van der Waals surface area (Å²) in [5.74, 6) is -1.07. The van der Waals surface area contributed by atoms with Gasteiger partial charge in [-0.1, -0.05) is 17.7 Å². The van der Waals surface area contributed by atoms with E-state index in [1.165, 1.54) is 0 Å². The van der Waals surface area contributed by atoms with E-state index in [9.17, 15) is 9.59 Å². The van der Waals surface area contributed by atoms with Crippen molar-refractivity contribution in [3.8, 4) is 0 Å². The molecule has 0 aliphatic carbocycles. The van der Waals surface area contributed by atoms with Gasteiger partial charge < -0.3 is 0 Å². The van der Waals surface area contributed by atoms with Gasteiger partial charge in [-0.05, 0) is 25.1 Å². The Kier molecular flexibility index (Phi) is 2.28. The molecule has 0 saturated carbocycles. The van der Waals surface area contributed by atoms with E-state index in [2.05, 4.69) is 10.2 Å². The Bertz CT molecular complexity index is 586. The molecule has 1 aromatic rings. The van der Waals surface area contributed by atoms with Gasteiger partial charge in [0.25, 0.3) is 5.91 Å². The number of amides is 2. The smallest absolute Gasteiger partial charge is 0.264 e. The number of hydrogen-bond acceptors (Lipinski definition) is 4. The minimum absolute atomic E-state index is 0.255. The highest BCUT2D eigenvalue weighted by Gasteiger charge is 2.59. The van der Waals surface area contributed by atoms with Gasteiger partial charge in [0.05, 0.1) is 18.2 Å². The number of anilines is 1. The SMILES string of the molecule is C[C@]12N=NC[C@@H]1C(=O)N(c1cccc(Cl)c1)C2=O. The molecule has 0 spiro atoms. The van der Waals surface area contributed by atoms with Crippen molar-refractivity contribution in [3.63, 3.8) is 0 Å². The highest BCUT2D eigenvalue weighted by Crippen LogP contribution is 2.40. The maximum Gasteiger partial charge on any atom is 0.264 e. The summed E-state index contributed by atoms with van der Waals surface area (Å²) in [7, 11) is 0. The predicted molar refractivity (Wildman–Crippen MR) is 65.6 cm³/mol. The molecule has 18 heavy (non-hydrogen) atoms. The summed E-state index contributed by atoms with van der Waals surface area (Å²) in [5, 5.41) is 8.24. The largest absolute Gasteiger partial charge is 0.274 e. The third-order valence-electron chi connectivity index (χ3n) is 3.44. The predicted octanol–water partition coefficient (Wildman–Crippen LogP) is 2.05. The van der Waals surface area contributed by atoms with Crippen LogP contribution in [0.25, 0.3) is 0 Å². The molecule has 2 aliphatic rings. The Labute approximate surface area is 108 Å². The highest BCUT2D eigenvalue weighted by atomic mass is 35.5. The lowest BCUT2D eigenvalue weighted by Crippen LogP contribution is -2.37. The van der Waals surface area contributed by atoms with Crippen molar-refractivity contribution in [2.24, 2.45) is 16.1 Å². The maximum absolute atomic E-state index is 12.3. The molecule has 6 heteroatoms. The number of imide groups is 1. The Morgan fingerprint density at radius 2 is 2.22 bits per heavy atom. The number of benzene rings is 1. The van der Waals surface area contributed by atoms with Crippen LogP contribution in [0, 0.1) is 5.92 Å². The van der Waals surface area contributed by atoms with E-state index in [1.54, 1.807) is 31.2 Å². The first-order chi connectivity index (χ1) is 8.54. The van der Waals surface area contributed by atoms with Gasteiger partial charge in [0.15, 0.2) is 5.54 Å². The summed E-state index contributed by atoms with van der Waals surface area (Å²) in [5.41, 5.74) is -0.553. The molecule has 5 nitrogen and oxygen atoms in total. The number of hydrogen-bond donors (Lipinski definition) is 0. The average Bonchev–Trinajstić information content (AvgIpc) is 2.79. The lowest BCUT2D eigenvalue weighted by atomic mass is 9.90. The molecule has 2 amide bonds. The van der Waals surface area contributed by atoms with Crippen molar-refractivity contribution < 1.29 is 9.59 Å². The number of carbonyl (C=O) groups excluding carboxylic acids is 2. The molecule has 3 rings (SSSR count). The fourth-order valence-electron chi connectivity index (χ4n) is 2.37. The number of nitrogens with zero attached hydrogens (tertiary/aromatic N) is 3. The topological polar surface area (TPSA) is 62.1 Å². The van der Waals surface area contributed by atoms with Crippen LogP contribution in [0.1, 0.15) is 6.92 Å². The molecule has 0 N–H and O–H groups in total. The van der Waals surface area contributed by atoms with Crippen molar-refractivity contribution in [1.29, 1.82) is 0 Å². The fourth-order valence-corrected chi connectivity index (χ4v) is 2.55. The van der Waals surface area contributed by atoms with Crippen LogP contribution in [-0.2, 0) is 9.59 Å². The van der Waals surface area contributed by atoms with Gasteiger partial charge in [0.1, 0.15) is 0 Å². The quantitative estimate of drug-likeness (QED) is 0.728. The van der Waals surface area contributed by atoms with E-state index in [0.717, 1.165) is 4.90 Å². The zero-order valence-corrected chi connectivity index (χ0v) is 10.4. The monoisotopic (exact) mass is 263 g/mol. The summed E-state index contributed by atoms with van der Waals surface area (Å²) in [6.07, 6.45) is 0. The zero-order valence-electron chi connectivity index (χ0n) is 9.63. The summed E-state index contributed by atoms with van der Waals surface area (Å²) in [6, 6.07) is 6.68. The van der Waals surface area contributed by atoms with E-state index in [1.807, 2.05) is 0 Å². The van der Waals surface area contributed by atoms with Crippen LogP contribution in [0.15, 0.2) is 34.5 Å². The summed E-state index contributed by atoms with van der Waals surface area (Å²) >= 11 is 5.88. The number of azo groups is 1. The van der Waals surface area contributed by atoms with E-state index >= 15 is 0 Å². The van der Waals surface area contributed by atoms with Gasteiger partial charge in [-0.3, -0.25) is 9.59 Å². The van der Waals surface area contributed by atoms with Crippen molar-refractivity contribution in [2.75, 3.05) is 11.4 Å². The van der Waals surface area contributed by atoms with Crippen LogP contribution in [0.2, 0.25) is 5.02 Å². The zero-order chi connectivity index (χ0) is 12.9. The molecule has 92 valence electrons. The van der Waals surface area contributed by atoms with Gasteiger partial charge in [0, 0.05) is 5.02 Å². The molecule has 0 unspecified atom stereocenters. The molecular formula is C12H10ClN3O2. The highest BCUT2D eigenvalue weighted by molar-refractivity contribution is 6.31. The summed E-state index contributed by atoms with van der Waals surface area (Å²) in [4.78, 5) is 25.8. The average molecular weight is 264 g/mol. The second kappa shape index (κ2) is 3.62. The number of rotatable bonds is 1. The van der Waals surface area contributed by atoms with Gasteiger partial charge in [-0.25, -0.2) is 4.90 Å². The molecule has 2 aliphatic heterocycles. The lowest BCUT2D eigenvalue weighted by molar-refractivity contribution is -0.122. The number of halogens is 1. The van der Waals surface area contributed by atoms with Crippen LogP contribution in [0.3, 0.4) is 0 Å². The van der Waals surface area contributed by atoms with E-state index < -0.39 is 11.5 Å². The van der Waals surface area contributed by atoms with E-state index in [-0.39, 0.29) is 18.4 Å². The Morgan fingerprint density at radius 3 is 2.89 bits per heavy atom. The van der Waals surface area contributed by atoms with Crippen molar-refractivity contribution in [3.05, 3.63) is 29.3 Å². The molecule has 1 fully saturated rings. The Morgan fingerprint density at radius 1 is 1.44 bits per heavy atom. The van der Waals surface area contributed by atoms with Crippen molar-refractivity contribution in [2.45, 2.75) is 12.5 Å². The third-order valence-corrected chi connectivity index (χ3v) is 3.68. The van der Waals surface area contributed by atoms with Crippen molar-refractivity contribution >= 4 is 29.1 Å². The van der Waals surface area contributed by atoms with E-state index in [0.29, 0.717) is 10.7 Å². The molecule has 1 aromatic carbocycles. The summed E-state index contributed by atoms with van der Waals surface area (Å²) < 4.78 is 0. The third kappa shape index (κ3) is 1.34. The summed E-state index contributed by atoms with van der Waals surface area (Å²) in [6.45, 7) is 1.93. The minimum Gasteiger partial charge on any atom is -0.274 e. The number of carbonyl (C=O) groups is 2. The molecule has 2 atom stereocenters. The van der Waals surface area contributed by atoms with Crippen LogP contribution >= 0.6 is 11.6 Å². The van der Waals surface area contributed by atoms with Crippen LogP contribution in [0.5, 0.6) is 0 Å². The minimum atomic E-state index is -1.04. The van der Waals surface area contributed by atoms with Crippen LogP contribution in [0.4, 0.5) is 5.69 Å². The van der Waals surface area contributed by atoms with Gasteiger partial charge in [-0.15, -0.1) is 0 Å². The second-order valence-electron chi connectivity index (χ2n) is 4.58. The standard InChI is InChI=1S/C12H10ClN3O2/c1-12-9(6-14-15-12)10(17)16(11(12)18)8-4-2-3-7(13)5-8/h2-5,9H,6H2,1H3/t9-,12+/m1/s1. The van der Waals surface area contributed by atoms with Gasteiger partial charge in [-0.2, -0.15) is 10.2 Å². The first kappa shape index (κ1) is 11.3. The number of fused-ring (bicyclic) bond motifs is 1. The van der Waals surface area contributed by atoms with Crippen LogP contribution in [-0.4, -0.2) is 23.9 Å². The first-order valence-corrected chi connectivity index (χ1v) is 5.94. The van der Waals surface area contributed by atoms with Crippen molar-refractivity contribution in [1.82, 2.24) is 0 Å². The van der Waals surface area contributed by atoms with Gasteiger partial charge in [0.2, 0.25) is 5.91 Å². The molecule has 0 aromatic heterocycles. The lowest BCUT2D eigenvalue weighted by Gasteiger charge is -2.16. The first-order valence-electron chi connectivity index (χ1n) is 5.56. The molecule has 1 saturated heterocycles. The van der Waals surface area contributed by atoms with E-state index in [4.69, 9.17) is 11.6 Å². The van der Waals surface area contributed by atoms with Crippen LogP contribution < -0.4 is 4.90 Å². The fraction of sp³-hybridized carbons (Fsp3) is 0.333. The second-order valence-corrected chi connectivity index (χ2v) is 5.02. The molecule has 0 radical (unpaired) electrons. The Hall–Kier alpha value is -1.75.